The number of aromatic amines is 1. The molecule has 8 rings (SSSR count). The summed E-state index contributed by atoms with van der Waals surface area (Å²) >= 11 is 0. The number of H-pyrrole nitrogens is 1. The van der Waals surface area contributed by atoms with Gasteiger partial charge < -0.3 is 14.6 Å². The number of aromatic nitrogens is 5. The van der Waals surface area contributed by atoms with Gasteiger partial charge >= 0.3 is 11.7 Å². The van der Waals surface area contributed by atoms with Gasteiger partial charge in [-0.05, 0) is 117 Å². The highest BCUT2D eigenvalue weighted by atomic mass is 16.5. The minimum atomic E-state index is -0.706. The highest BCUT2D eigenvalue weighted by Crippen LogP contribution is 2.76. The molecule has 0 spiro atoms. The van der Waals surface area contributed by atoms with Crippen LogP contribution in [0.25, 0.3) is 0 Å². The van der Waals surface area contributed by atoms with E-state index in [0.29, 0.717) is 47.6 Å². The summed E-state index contributed by atoms with van der Waals surface area (Å²) in [6, 6.07) is -0.424. The molecular formula is C42H59N5O7. The number of Topliss-reactive ketones (excluding diaryl/α,β-unsaturated/α-hetero) is 1. The summed E-state index contributed by atoms with van der Waals surface area (Å²) in [5.74, 6) is 2.32. The predicted molar refractivity (Wildman–Crippen MR) is 200 cm³/mol. The highest BCUT2D eigenvalue weighted by Gasteiger charge is 2.71. The molecule has 6 fully saturated rings. The van der Waals surface area contributed by atoms with Crippen LogP contribution >= 0.6 is 0 Å². The molecule has 54 heavy (non-hydrogen) atoms. The molecule has 1 aliphatic heterocycles. The second-order valence-electron chi connectivity index (χ2n) is 19.0. The Labute approximate surface area is 317 Å². The zero-order valence-electron chi connectivity index (χ0n) is 32.9. The normalized spacial score (nSPS) is 42.8. The largest absolute Gasteiger partial charge is 0.459 e. The molecule has 0 bridgehead atoms. The van der Waals surface area contributed by atoms with Crippen LogP contribution in [-0.4, -0.2) is 54.1 Å². The molecule has 13 atom stereocenters. The van der Waals surface area contributed by atoms with Gasteiger partial charge in [0.2, 0.25) is 0 Å². The molecule has 294 valence electrons. The van der Waals surface area contributed by atoms with Gasteiger partial charge in [-0.1, -0.05) is 45.1 Å². The first kappa shape index (κ1) is 37.5. The van der Waals surface area contributed by atoms with Crippen LogP contribution in [0.1, 0.15) is 129 Å². The van der Waals surface area contributed by atoms with Gasteiger partial charge in [0.25, 0.3) is 5.56 Å². The third-order valence-corrected chi connectivity index (χ3v) is 16.9. The van der Waals surface area contributed by atoms with Crippen LogP contribution in [0.2, 0.25) is 0 Å². The van der Waals surface area contributed by atoms with E-state index < -0.39 is 35.0 Å². The Morgan fingerprint density at radius 3 is 2.56 bits per heavy atom. The van der Waals surface area contributed by atoms with Gasteiger partial charge in [-0.15, -0.1) is 5.10 Å². The predicted octanol–water partition coefficient (Wildman–Crippen LogP) is 5.84. The molecule has 12 nitrogen and oxygen atoms in total. The van der Waals surface area contributed by atoms with Gasteiger partial charge in [-0.3, -0.25) is 23.9 Å². The number of fused-ring (bicyclic) bond motifs is 7. The molecule has 2 N–H and O–H groups in total. The van der Waals surface area contributed by atoms with Crippen molar-refractivity contribution in [3.63, 3.8) is 0 Å². The summed E-state index contributed by atoms with van der Waals surface area (Å²) in [4.78, 5) is 54.3. The maximum atomic E-state index is 14.6. The first-order chi connectivity index (χ1) is 25.6. The smallest absolute Gasteiger partial charge is 0.330 e. The van der Waals surface area contributed by atoms with E-state index in [1.807, 2.05) is 0 Å². The molecule has 2 aromatic heterocycles. The Kier molecular flexibility index (Phi) is 9.11. The van der Waals surface area contributed by atoms with E-state index in [1.54, 1.807) is 17.8 Å². The molecule has 2 aromatic rings. The Morgan fingerprint density at radius 2 is 1.81 bits per heavy atom. The highest BCUT2D eigenvalue weighted by molar-refractivity contribution is 5.82. The fraction of sp³-hybridized carbons (Fsp3) is 0.762. The Balaban J connectivity index is 1.01. The minimum absolute atomic E-state index is 0.0111. The van der Waals surface area contributed by atoms with Gasteiger partial charge in [0.05, 0.1) is 24.3 Å². The van der Waals surface area contributed by atoms with E-state index in [1.165, 1.54) is 16.3 Å². The van der Waals surface area contributed by atoms with Crippen molar-refractivity contribution in [2.75, 3.05) is 6.61 Å². The number of esters is 1. The van der Waals surface area contributed by atoms with Crippen molar-refractivity contribution >= 4 is 11.8 Å². The van der Waals surface area contributed by atoms with Crippen LogP contribution in [0.3, 0.4) is 0 Å². The summed E-state index contributed by atoms with van der Waals surface area (Å²) in [6.45, 7) is 17.7. The van der Waals surface area contributed by atoms with Crippen molar-refractivity contribution in [3.8, 4) is 0 Å². The van der Waals surface area contributed by atoms with E-state index >= 15 is 0 Å². The van der Waals surface area contributed by atoms with Crippen LogP contribution in [-0.2, 0) is 25.7 Å². The minimum Gasteiger partial charge on any atom is -0.459 e. The van der Waals surface area contributed by atoms with Crippen molar-refractivity contribution in [2.24, 2.45) is 57.2 Å². The van der Waals surface area contributed by atoms with E-state index in [4.69, 9.17) is 9.47 Å². The van der Waals surface area contributed by atoms with Crippen molar-refractivity contribution < 1.29 is 24.2 Å². The Hall–Kier alpha value is -3.38. The van der Waals surface area contributed by atoms with Gasteiger partial charge in [0.1, 0.15) is 30.4 Å². The van der Waals surface area contributed by atoms with Crippen molar-refractivity contribution in [1.29, 1.82) is 0 Å². The van der Waals surface area contributed by atoms with Crippen LogP contribution in [0.4, 0.5) is 0 Å². The Morgan fingerprint density at radius 1 is 1.04 bits per heavy atom. The topological polar surface area (TPSA) is 158 Å². The molecule has 0 aromatic carbocycles. The van der Waals surface area contributed by atoms with E-state index in [0.717, 1.165) is 57.8 Å². The summed E-state index contributed by atoms with van der Waals surface area (Å²) < 4.78 is 15.2. The molecule has 5 aliphatic carbocycles. The number of aliphatic hydroxyl groups excluding tert-OH is 1. The lowest BCUT2D eigenvalue weighted by atomic mass is 9.33. The fourth-order valence-electron chi connectivity index (χ4n) is 13.9. The molecular weight excluding hydrogens is 686 g/mol. The first-order valence-corrected chi connectivity index (χ1v) is 20.4. The van der Waals surface area contributed by atoms with Gasteiger partial charge in [0.15, 0.2) is 0 Å². The molecule has 0 amide bonds. The number of aryl methyl sites for hydroxylation is 1. The SMILES string of the molecule is C=C(C)[C@@H]1CC[C@]2(C(=O)OCc3cn([C@H]4C[C@H](n5cc(C)c(=O)[nH]c5=O)O[C@@H]4CO)nn3)CC[C@]3(C)[C@H](CC[C@@H]4[C@@]5(C)CCC(=O)[C@H](C)[C@@H]5CC[C@]43C)[C@@H]12. The lowest BCUT2D eigenvalue weighted by Crippen LogP contribution is -2.65. The number of ether oxygens (including phenoxy) is 2. The third-order valence-electron chi connectivity index (χ3n) is 16.9. The van der Waals surface area contributed by atoms with Gasteiger partial charge in [0, 0.05) is 30.5 Å². The number of hydrogen-bond donors (Lipinski definition) is 2. The zero-order chi connectivity index (χ0) is 38.5. The van der Waals surface area contributed by atoms with Crippen LogP contribution in [0, 0.1) is 64.1 Å². The second-order valence-corrected chi connectivity index (χ2v) is 19.0. The molecule has 0 radical (unpaired) electrons. The second kappa shape index (κ2) is 13.1. The van der Waals surface area contributed by atoms with E-state index in [2.05, 4.69) is 56.5 Å². The average molecular weight is 746 g/mol. The number of rotatable bonds is 7. The summed E-state index contributed by atoms with van der Waals surface area (Å²) in [7, 11) is 0. The van der Waals surface area contributed by atoms with E-state index in [9.17, 15) is 24.3 Å². The van der Waals surface area contributed by atoms with Crippen molar-refractivity contribution in [2.45, 2.75) is 137 Å². The molecule has 5 saturated carbocycles. The van der Waals surface area contributed by atoms with Crippen LogP contribution in [0.15, 0.2) is 34.1 Å². The quantitative estimate of drug-likeness (QED) is 0.263. The van der Waals surface area contributed by atoms with Crippen LogP contribution < -0.4 is 11.2 Å². The fourth-order valence-corrected chi connectivity index (χ4v) is 13.9. The number of nitrogens with one attached hydrogen (secondary N) is 1. The number of allylic oxidation sites excluding steroid dienone is 1. The number of aliphatic hydroxyl groups is 1. The lowest BCUT2D eigenvalue weighted by molar-refractivity contribution is -0.230. The number of carbonyl (C=O) groups excluding carboxylic acids is 2. The first-order valence-electron chi connectivity index (χ1n) is 20.4. The third kappa shape index (κ3) is 5.35. The summed E-state index contributed by atoms with van der Waals surface area (Å²) in [5, 5.41) is 18.8. The van der Waals surface area contributed by atoms with E-state index in [-0.39, 0.29) is 53.2 Å². The Bertz CT molecular complexity index is 1970. The zero-order valence-corrected chi connectivity index (χ0v) is 32.9. The molecule has 0 unspecified atom stereocenters. The van der Waals surface area contributed by atoms with Crippen molar-refractivity contribution in [3.05, 3.63) is 56.6 Å². The summed E-state index contributed by atoms with van der Waals surface area (Å²) in [5.41, 5.74) is 0.824. The lowest BCUT2D eigenvalue weighted by Gasteiger charge is -2.71. The van der Waals surface area contributed by atoms with Crippen LogP contribution in [0.5, 0.6) is 0 Å². The maximum absolute atomic E-state index is 14.6. The average Bonchev–Trinajstić information content (AvgIpc) is 3.88. The molecule has 3 heterocycles. The number of hydrogen-bond acceptors (Lipinski definition) is 9. The molecule has 1 saturated heterocycles. The van der Waals surface area contributed by atoms with Crippen molar-refractivity contribution in [1.82, 2.24) is 24.5 Å². The standard InChI is InChI=1S/C42H59N5O7/c1-23(2)27-10-15-42(17-16-40(6)29(35(27)42)8-9-33-39(5)13-12-31(49)25(4)28(39)11-14-41(33,40)7)37(51)53-22-26-20-47(45-44-26)30-18-34(54-32(30)21-48)46-19-24(3)36(50)43-38(46)52/h19-20,25,27-30,32-35,48H,1,8-18,21-22H2,2-7H3,(H,43,50,52)/t25-,27+,28+,29-,30+,32-,33-,34-,35-,39+,40-,41-,42+/m1/s1. The van der Waals surface area contributed by atoms with Gasteiger partial charge in [-0.2, -0.15) is 0 Å². The molecule has 6 aliphatic rings. The summed E-state index contributed by atoms with van der Waals surface area (Å²) in [6.07, 6.45) is 11.9. The van der Waals surface area contributed by atoms with Gasteiger partial charge in [-0.25, -0.2) is 9.48 Å². The number of ketones is 1. The number of carbonyl (C=O) groups is 2. The molecule has 12 heteroatoms. The monoisotopic (exact) mass is 745 g/mol. The maximum Gasteiger partial charge on any atom is 0.330 e. The number of nitrogens with zero attached hydrogens (tertiary/aromatic N) is 4.